The average molecular weight is 304 g/mol. The van der Waals surface area contributed by atoms with Crippen molar-refractivity contribution < 1.29 is 35.1 Å². The number of phenolic OH excluding ortho intramolecular Hbond substituents is 3. The SMILES string of the molecule is O=C1c2c(O)cc(O)cc2OC(O)(c2ccc(O)cc2)C1O. The summed E-state index contributed by atoms with van der Waals surface area (Å²) in [5, 5.41) is 49.1. The highest BCUT2D eigenvalue weighted by atomic mass is 16.6. The minimum atomic E-state index is -2.40. The zero-order valence-corrected chi connectivity index (χ0v) is 11.1. The van der Waals surface area contributed by atoms with Crippen molar-refractivity contribution in [1.82, 2.24) is 0 Å². The van der Waals surface area contributed by atoms with E-state index in [1.54, 1.807) is 0 Å². The second-order valence-corrected chi connectivity index (χ2v) is 4.95. The molecule has 0 aliphatic carbocycles. The summed E-state index contributed by atoms with van der Waals surface area (Å²) in [6.07, 6.45) is -1.99. The van der Waals surface area contributed by atoms with Gasteiger partial charge in [0.2, 0.25) is 5.78 Å². The molecule has 0 saturated carbocycles. The van der Waals surface area contributed by atoms with Gasteiger partial charge in [-0.05, 0) is 24.3 Å². The van der Waals surface area contributed by atoms with Crippen LogP contribution in [0.4, 0.5) is 0 Å². The van der Waals surface area contributed by atoms with Crippen LogP contribution in [0.3, 0.4) is 0 Å². The molecule has 0 aromatic heterocycles. The van der Waals surface area contributed by atoms with Crippen LogP contribution in [0.1, 0.15) is 15.9 Å². The average Bonchev–Trinajstić information content (AvgIpc) is 2.44. The molecule has 1 heterocycles. The van der Waals surface area contributed by atoms with Gasteiger partial charge < -0.3 is 30.3 Å². The Balaban J connectivity index is 2.16. The molecule has 114 valence electrons. The van der Waals surface area contributed by atoms with Crippen LogP contribution in [0.2, 0.25) is 0 Å². The largest absolute Gasteiger partial charge is 0.508 e. The highest BCUT2D eigenvalue weighted by molar-refractivity contribution is 6.05. The van der Waals surface area contributed by atoms with E-state index < -0.39 is 23.4 Å². The molecular weight excluding hydrogens is 292 g/mol. The predicted octanol–water partition coefficient (Wildman–Crippen LogP) is 0.585. The first-order valence-corrected chi connectivity index (χ1v) is 6.32. The summed E-state index contributed by atoms with van der Waals surface area (Å²) in [5.41, 5.74) is -0.298. The molecule has 2 atom stereocenters. The number of benzene rings is 2. The zero-order chi connectivity index (χ0) is 16.1. The molecule has 0 amide bonds. The first kappa shape index (κ1) is 14.2. The number of ether oxygens (including phenoxy) is 1. The number of ketones is 1. The molecule has 0 saturated heterocycles. The van der Waals surface area contributed by atoms with Gasteiger partial charge in [0, 0.05) is 17.7 Å². The van der Waals surface area contributed by atoms with Gasteiger partial charge in [-0.1, -0.05) is 0 Å². The van der Waals surface area contributed by atoms with Crippen LogP contribution < -0.4 is 4.74 Å². The number of aromatic hydroxyl groups is 3. The maximum atomic E-state index is 12.2. The third kappa shape index (κ3) is 1.95. The highest BCUT2D eigenvalue weighted by Gasteiger charge is 2.50. The second-order valence-electron chi connectivity index (χ2n) is 4.95. The maximum Gasteiger partial charge on any atom is 0.268 e. The summed E-state index contributed by atoms with van der Waals surface area (Å²) in [5.74, 6) is -4.62. The molecule has 2 aromatic rings. The Morgan fingerprint density at radius 3 is 2.27 bits per heavy atom. The first-order valence-electron chi connectivity index (χ1n) is 6.32. The fraction of sp³-hybridized carbons (Fsp3) is 0.133. The third-order valence-corrected chi connectivity index (χ3v) is 3.48. The van der Waals surface area contributed by atoms with Crippen molar-refractivity contribution in [3.8, 4) is 23.0 Å². The number of carbonyl (C=O) groups excluding carboxylic acids is 1. The zero-order valence-electron chi connectivity index (χ0n) is 11.1. The van der Waals surface area contributed by atoms with Gasteiger partial charge in [-0.25, -0.2) is 0 Å². The van der Waals surface area contributed by atoms with Crippen LogP contribution in [0.5, 0.6) is 23.0 Å². The molecule has 3 rings (SSSR count). The van der Waals surface area contributed by atoms with E-state index in [0.29, 0.717) is 0 Å². The topological polar surface area (TPSA) is 127 Å². The number of phenols is 3. The minimum Gasteiger partial charge on any atom is -0.508 e. The molecule has 7 nitrogen and oxygen atoms in total. The Bertz CT molecular complexity index is 753. The summed E-state index contributed by atoms with van der Waals surface area (Å²) < 4.78 is 5.27. The van der Waals surface area contributed by atoms with Crippen molar-refractivity contribution in [2.45, 2.75) is 11.9 Å². The lowest BCUT2D eigenvalue weighted by Gasteiger charge is -2.37. The molecule has 0 radical (unpaired) electrons. The molecular formula is C15H12O7. The van der Waals surface area contributed by atoms with Crippen molar-refractivity contribution in [3.05, 3.63) is 47.5 Å². The number of hydrogen-bond acceptors (Lipinski definition) is 7. The standard InChI is InChI=1S/C15H12O7/c16-8-3-1-7(2-4-8)15(21)14(20)13(19)12-10(18)5-9(17)6-11(12)22-15/h1-6,14,16-18,20-21H. The lowest BCUT2D eigenvalue weighted by molar-refractivity contribution is -0.203. The molecule has 0 spiro atoms. The summed E-state index contributed by atoms with van der Waals surface area (Å²) in [7, 11) is 0. The number of hydrogen-bond donors (Lipinski definition) is 5. The Hall–Kier alpha value is -2.77. The summed E-state index contributed by atoms with van der Waals surface area (Å²) in [6.45, 7) is 0. The van der Waals surface area contributed by atoms with Gasteiger partial charge in [-0.2, -0.15) is 0 Å². The monoisotopic (exact) mass is 304 g/mol. The number of carbonyl (C=O) groups is 1. The number of aliphatic hydroxyl groups is 2. The molecule has 2 unspecified atom stereocenters. The van der Waals surface area contributed by atoms with Gasteiger partial charge in [0.25, 0.3) is 5.79 Å². The van der Waals surface area contributed by atoms with E-state index in [0.717, 1.165) is 12.1 Å². The van der Waals surface area contributed by atoms with Crippen molar-refractivity contribution in [1.29, 1.82) is 0 Å². The minimum absolute atomic E-state index is 0.0274. The van der Waals surface area contributed by atoms with Crippen LogP contribution in [0.15, 0.2) is 36.4 Å². The summed E-state index contributed by atoms with van der Waals surface area (Å²) in [6, 6.07) is 7.04. The molecule has 5 N–H and O–H groups in total. The quantitative estimate of drug-likeness (QED) is 0.521. The number of rotatable bonds is 1. The highest BCUT2D eigenvalue weighted by Crippen LogP contribution is 2.43. The van der Waals surface area contributed by atoms with E-state index in [1.807, 2.05) is 0 Å². The van der Waals surface area contributed by atoms with Gasteiger partial charge in [-0.3, -0.25) is 4.79 Å². The van der Waals surface area contributed by atoms with E-state index in [1.165, 1.54) is 24.3 Å². The number of Topliss-reactive ketones (excluding diaryl/α,β-unsaturated/α-hetero) is 1. The van der Waals surface area contributed by atoms with Gasteiger partial charge >= 0.3 is 0 Å². The second kappa shape index (κ2) is 4.62. The Kier molecular flexibility index (Phi) is 2.98. The summed E-state index contributed by atoms with van der Waals surface area (Å²) >= 11 is 0. The normalized spacial score (nSPS) is 23.7. The third-order valence-electron chi connectivity index (χ3n) is 3.48. The lowest BCUT2D eigenvalue weighted by atomic mass is 9.90. The van der Waals surface area contributed by atoms with Crippen LogP contribution in [0, 0.1) is 0 Å². The van der Waals surface area contributed by atoms with Crippen LogP contribution in [-0.4, -0.2) is 37.4 Å². The van der Waals surface area contributed by atoms with Crippen molar-refractivity contribution in [2.24, 2.45) is 0 Å². The van der Waals surface area contributed by atoms with Gasteiger partial charge in [0.1, 0.15) is 28.6 Å². The van der Waals surface area contributed by atoms with Gasteiger partial charge in [-0.15, -0.1) is 0 Å². The molecule has 2 aromatic carbocycles. The molecule has 0 fully saturated rings. The Morgan fingerprint density at radius 1 is 1.00 bits per heavy atom. The van der Waals surface area contributed by atoms with Crippen molar-refractivity contribution >= 4 is 5.78 Å². The molecule has 1 aliphatic heterocycles. The van der Waals surface area contributed by atoms with E-state index in [-0.39, 0.29) is 28.4 Å². The van der Waals surface area contributed by atoms with Gasteiger partial charge in [0.15, 0.2) is 6.10 Å². The number of fused-ring (bicyclic) bond motifs is 1. The van der Waals surface area contributed by atoms with E-state index in [2.05, 4.69) is 0 Å². The molecule has 22 heavy (non-hydrogen) atoms. The molecule has 0 bridgehead atoms. The van der Waals surface area contributed by atoms with E-state index in [4.69, 9.17) is 4.74 Å². The number of aliphatic hydroxyl groups excluding tert-OH is 1. The van der Waals surface area contributed by atoms with Crippen LogP contribution in [0.25, 0.3) is 0 Å². The fourth-order valence-electron chi connectivity index (χ4n) is 2.37. The Labute approximate surface area is 124 Å². The van der Waals surface area contributed by atoms with E-state index in [9.17, 15) is 30.3 Å². The van der Waals surface area contributed by atoms with Crippen molar-refractivity contribution in [2.75, 3.05) is 0 Å². The fourth-order valence-corrected chi connectivity index (χ4v) is 2.37. The Morgan fingerprint density at radius 2 is 1.64 bits per heavy atom. The van der Waals surface area contributed by atoms with E-state index >= 15 is 0 Å². The van der Waals surface area contributed by atoms with Crippen LogP contribution in [-0.2, 0) is 5.79 Å². The van der Waals surface area contributed by atoms with Crippen molar-refractivity contribution in [3.63, 3.8) is 0 Å². The smallest absolute Gasteiger partial charge is 0.268 e. The lowest BCUT2D eigenvalue weighted by Crippen LogP contribution is -2.52. The predicted molar refractivity (Wildman–Crippen MR) is 72.7 cm³/mol. The molecule has 7 heteroatoms. The molecule has 1 aliphatic rings. The van der Waals surface area contributed by atoms with Gasteiger partial charge in [0.05, 0.1) is 0 Å². The van der Waals surface area contributed by atoms with Crippen LogP contribution >= 0.6 is 0 Å². The maximum absolute atomic E-state index is 12.2. The first-order chi connectivity index (χ1) is 10.3. The summed E-state index contributed by atoms with van der Waals surface area (Å²) in [4.78, 5) is 12.2.